The standard InChI is InChI=1S/C9H14N3O3S.HI/c1-10-2-3-12(8-10)9(13)11-4-6-16(14,15)7-5-11;/h2-3,8H,4-7H2,1H3;1H/q+1;/p-1. The maximum Gasteiger partial charge on any atom is 0.415 e. The van der Waals surface area contributed by atoms with E-state index in [1.165, 1.54) is 4.57 Å². The third-order valence-corrected chi connectivity index (χ3v) is 4.21. The second-order valence-corrected chi connectivity index (χ2v) is 6.21. The Hall–Kier alpha value is -0.640. The summed E-state index contributed by atoms with van der Waals surface area (Å²) >= 11 is 0. The van der Waals surface area contributed by atoms with Crippen LogP contribution in [0.1, 0.15) is 0 Å². The normalized spacial score (nSPS) is 18.5. The highest BCUT2D eigenvalue weighted by Gasteiger charge is 2.28. The Bertz CT molecular complexity index is 497. The number of hydrogen-bond acceptors (Lipinski definition) is 3. The largest absolute Gasteiger partial charge is 1.00 e. The molecule has 8 heteroatoms. The van der Waals surface area contributed by atoms with Gasteiger partial charge in [0.15, 0.2) is 9.84 Å². The summed E-state index contributed by atoms with van der Waals surface area (Å²) in [7, 11) is -1.11. The van der Waals surface area contributed by atoms with E-state index in [0.29, 0.717) is 0 Å². The van der Waals surface area contributed by atoms with Gasteiger partial charge < -0.3 is 28.9 Å². The van der Waals surface area contributed by atoms with Crippen LogP contribution < -0.4 is 28.5 Å². The highest BCUT2D eigenvalue weighted by atomic mass is 127. The van der Waals surface area contributed by atoms with Crippen LogP contribution >= 0.6 is 0 Å². The van der Waals surface area contributed by atoms with Crippen molar-refractivity contribution < 1.29 is 41.8 Å². The van der Waals surface area contributed by atoms with Crippen molar-refractivity contribution in [2.45, 2.75) is 0 Å². The Morgan fingerprint density at radius 2 is 1.88 bits per heavy atom. The summed E-state index contributed by atoms with van der Waals surface area (Å²) in [6.07, 6.45) is 5.08. The van der Waals surface area contributed by atoms with Crippen LogP contribution in [0.4, 0.5) is 4.79 Å². The molecule has 0 atom stereocenters. The SMILES string of the molecule is C[n+]1ccn(C(=O)N2CCS(=O)(=O)CC2)c1.[I-]. The molecule has 0 N–H and O–H groups in total. The van der Waals surface area contributed by atoms with Gasteiger partial charge in [-0.15, -0.1) is 0 Å². The summed E-state index contributed by atoms with van der Waals surface area (Å²) in [5.74, 6) is 0.123. The Morgan fingerprint density at radius 1 is 1.29 bits per heavy atom. The first-order valence-corrected chi connectivity index (χ1v) is 6.83. The fourth-order valence-electron chi connectivity index (χ4n) is 1.63. The van der Waals surface area contributed by atoms with Crippen LogP contribution in [-0.2, 0) is 16.9 Å². The van der Waals surface area contributed by atoms with Gasteiger partial charge in [-0.3, -0.25) is 0 Å². The summed E-state index contributed by atoms with van der Waals surface area (Å²) < 4.78 is 25.6. The number of amides is 1. The third kappa shape index (κ3) is 3.41. The number of aryl methyl sites for hydroxylation is 1. The van der Waals surface area contributed by atoms with E-state index >= 15 is 0 Å². The maximum absolute atomic E-state index is 11.9. The van der Waals surface area contributed by atoms with Crippen LogP contribution in [0.25, 0.3) is 0 Å². The fraction of sp³-hybridized carbons (Fsp3) is 0.556. The molecule has 1 saturated heterocycles. The first kappa shape index (κ1) is 14.4. The third-order valence-electron chi connectivity index (χ3n) is 2.60. The van der Waals surface area contributed by atoms with Crippen LogP contribution in [0, 0.1) is 0 Å². The Morgan fingerprint density at radius 3 is 2.35 bits per heavy atom. The number of carbonyl (C=O) groups is 1. The Labute approximate surface area is 117 Å². The molecular weight excluding hydrogens is 357 g/mol. The predicted octanol–water partition coefficient (Wildman–Crippen LogP) is -3.98. The topological polar surface area (TPSA) is 63.3 Å². The molecule has 0 saturated carbocycles. The molecule has 17 heavy (non-hydrogen) atoms. The molecule has 0 radical (unpaired) electrons. The predicted molar refractivity (Wildman–Crippen MR) is 56.6 cm³/mol. The maximum atomic E-state index is 11.9. The molecule has 96 valence electrons. The van der Waals surface area contributed by atoms with Crippen molar-refractivity contribution in [2.75, 3.05) is 24.6 Å². The minimum absolute atomic E-state index is 0. The Balaban J connectivity index is 0.00000144. The van der Waals surface area contributed by atoms with Crippen LogP contribution in [-0.4, -0.2) is 48.5 Å². The molecule has 2 heterocycles. The number of carbonyl (C=O) groups excluding carboxylic acids is 1. The molecule has 1 aliphatic heterocycles. The quantitative estimate of drug-likeness (QED) is 0.345. The van der Waals surface area contributed by atoms with Gasteiger partial charge >= 0.3 is 6.03 Å². The van der Waals surface area contributed by atoms with Crippen molar-refractivity contribution in [2.24, 2.45) is 7.05 Å². The van der Waals surface area contributed by atoms with Crippen molar-refractivity contribution in [3.8, 4) is 0 Å². The molecule has 1 aromatic heterocycles. The van der Waals surface area contributed by atoms with Crippen LogP contribution in [0.5, 0.6) is 0 Å². The average Bonchev–Trinajstić information content (AvgIpc) is 2.64. The minimum atomic E-state index is -2.93. The first-order chi connectivity index (χ1) is 7.48. The van der Waals surface area contributed by atoms with Crippen molar-refractivity contribution in [1.29, 1.82) is 0 Å². The number of aromatic nitrogens is 2. The lowest BCUT2D eigenvalue weighted by atomic mass is 10.5. The van der Waals surface area contributed by atoms with E-state index in [0.717, 1.165) is 0 Å². The van der Waals surface area contributed by atoms with Gasteiger partial charge in [0.1, 0.15) is 12.4 Å². The van der Waals surface area contributed by atoms with Crippen molar-refractivity contribution in [3.63, 3.8) is 0 Å². The second-order valence-electron chi connectivity index (χ2n) is 3.91. The van der Waals surface area contributed by atoms with E-state index in [1.54, 1.807) is 28.2 Å². The lowest BCUT2D eigenvalue weighted by Gasteiger charge is -2.24. The van der Waals surface area contributed by atoms with E-state index in [2.05, 4.69) is 0 Å². The van der Waals surface area contributed by atoms with Crippen LogP contribution in [0.3, 0.4) is 0 Å². The monoisotopic (exact) mass is 371 g/mol. The molecule has 1 fully saturated rings. The van der Waals surface area contributed by atoms with Crippen LogP contribution in [0.2, 0.25) is 0 Å². The molecule has 1 amide bonds. The minimum Gasteiger partial charge on any atom is -1.00 e. The Kier molecular flexibility index (Phi) is 4.53. The summed E-state index contributed by atoms with van der Waals surface area (Å²) in [4.78, 5) is 13.5. The number of sulfone groups is 1. The number of hydrogen-bond donors (Lipinski definition) is 0. The van der Waals surface area contributed by atoms with Gasteiger partial charge in [-0.2, -0.15) is 4.57 Å². The van der Waals surface area contributed by atoms with Crippen molar-refractivity contribution in [3.05, 3.63) is 18.7 Å². The van der Waals surface area contributed by atoms with Gasteiger partial charge in [0.2, 0.25) is 0 Å². The molecule has 0 spiro atoms. The first-order valence-electron chi connectivity index (χ1n) is 5.01. The van der Waals surface area contributed by atoms with E-state index in [9.17, 15) is 13.2 Å². The highest BCUT2D eigenvalue weighted by molar-refractivity contribution is 7.91. The molecule has 1 aliphatic rings. The molecule has 1 aromatic rings. The summed E-state index contributed by atoms with van der Waals surface area (Å²) in [5, 5.41) is 0. The second kappa shape index (κ2) is 5.34. The summed E-state index contributed by atoms with van der Waals surface area (Å²) in [6.45, 7) is 0.562. The van der Waals surface area contributed by atoms with Gasteiger partial charge in [-0.05, 0) is 0 Å². The van der Waals surface area contributed by atoms with Gasteiger partial charge in [0.05, 0.1) is 18.6 Å². The van der Waals surface area contributed by atoms with E-state index < -0.39 is 9.84 Å². The van der Waals surface area contributed by atoms with Crippen LogP contribution in [0.15, 0.2) is 18.7 Å². The van der Waals surface area contributed by atoms with Gasteiger partial charge in [-0.1, -0.05) is 0 Å². The van der Waals surface area contributed by atoms with Gasteiger partial charge in [0, 0.05) is 13.1 Å². The zero-order valence-electron chi connectivity index (χ0n) is 9.41. The zero-order chi connectivity index (χ0) is 11.8. The molecular formula is C9H14IN3O3S. The molecule has 0 aromatic carbocycles. The molecule has 0 aliphatic carbocycles. The lowest BCUT2D eigenvalue weighted by Crippen LogP contribution is -3.00. The number of nitrogens with zero attached hydrogens (tertiary/aromatic N) is 3. The smallest absolute Gasteiger partial charge is 0.415 e. The van der Waals surface area contributed by atoms with Gasteiger partial charge in [0.25, 0.3) is 6.33 Å². The molecule has 0 unspecified atom stereocenters. The average molecular weight is 371 g/mol. The van der Waals surface area contributed by atoms with Crippen molar-refractivity contribution in [1.82, 2.24) is 9.47 Å². The van der Waals surface area contributed by atoms with E-state index in [4.69, 9.17) is 0 Å². The van der Waals surface area contributed by atoms with Crippen molar-refractivity contribution >= 4 is 15.9 Å². The molecule has 6 nitrogen and oxygen atoms in total. The van der Waals surface area contributed by atoms with Gasteiger partial charge in [-0.25, -0.2) is 17.8 Å². The molecule has 0 bridgehead atoms. The highest BCUT2D eigenvalue weighted by Crippen LogP contribution is 2.05. The van der Waals surface area contributed by atoms with E-state index in [-0.39, 0.29) is 54.6 Å². The zero-order valence-corrected chi connectivity index (χ0v) is 12.4. The lowest BCUT2D eigenvalue weighted by molar-refractivity contribution is -0.670. The molecule has 2 rings (SSSR count). The number of imidazole rings is 1. The van der Waals surface area contributed by atoms with E-state index in [1.807, 2.05) is 7.05 Å². The number of rotatable bonds is 0. The fourth-order valence-corrected chi connectivity index (χ4v) is 2.83. The summed E-state index contributed by atoms with van der Waals surface area (Å²) in [6, 6.07) is -0.171. The number of halogens is 1. The summed E-state index contributed by atoms with van der Waals surface area (Å²) in [5.41, 5.74) is 0.